The van der Waals surface area contributed by atoms with Crippen molar-refractivity contribution >= 4 is 11.7 Å². The third kappa shape index (κ3) is 2.25. The van der Waals surface area contributed by atoms with Crippen LogP contribution < -0.4 is 0 Å². The Bertz CT molecular complexity index is 719. The maximum Gasteiger partial charge on any atom is 0.356 e. The first-order valence-corrected chi connectivity index (χ1v) is 5.87. The summed E-state index contributed by atoms with van der Waals surface area (Å²) in [5.41, 5.74) is 2.43. The third-order valence-electron chi connectivity index (χ3n) is 3.05. The second-order valence-corrected chi connectivity index (χ2v) is 4.57. The van der Waals surface area contributed by atoms with Gasteiger partial charge in [0.25, 0.3) is 5.69 Å². The van der Waals surface area contributed by atoms with Crippen molar-refractivity contribution in [1.82, 2.24) is 9.78 Å². The number of aryl methyl sites for hydroxylation is 3. The highest BCUT2D eigenvalue weighted by atomic mass is 16.6. The van der Waals surface area contributed by atoms with E-state index in [1.165, 1.54) is 16.8 Å². The minimum Gasteiger partial charge on any atom is -0.476 e. The quantitative estimate of drug-likeness (QED) is 0.685. The zero-order valence-electron chi connectivity index (χ0n) is 11.2. The van der Waals surface area contributed by atoms with Crippen molar-refractivity contribution in [3.63, 3.8) is 0 Å². The fourth-order valence-corrected chi connectivity index (χ4v) is 2.03. The van der Waals surface area contributed by atoms with E-state index in [0.29, 0.717) is 22.5 Å². The Hall–Kier alpha value is -2.70. The molecule has 0 spiro atoms. The lowest BCUT2D eigenvalue weighted by atomic mass is 10.1. The van der Waals surface area contributed by atoms with Crippen molar-refractivity contribution in [2.75, 3.05) is 0 Å². The van der Waals surface area contributed by atoms with Gasteiger partial charge in [-0.1, -0.05) is 0 Å². The van der Waals surface area contributed by atoms with Gasteiger partial charge < -0.3 is 5.11 Å². The Morgan fingerprint density at radius 2 is 1.90 bits per heavy atom. The number of hydrogen-bond acceptors (Lipinski definition) is 4. The molecular formula is C13H13N3O4. The number of aromatic carboxylic acids is 1. The Morgan fingerprint density at radius 1 is 1.25 bits per heavy atom. The molecule has 0 saturated heterocycles. The van der Waals surface area contributed by atoms with Crippen LogP contribution in [0.3, 0.4) is 0 Å². The summed E-state index contributed by atoms with van der Waals surface area (Å²) >= 11 is 0. The predicted octanol–water partition coefficient (Wildman–Crippen LogP) is 2.40. The fraction of sp³-hybridized carbons (Fsp3) is 0.231. The van der Waals surface area contributed by atoms with Crippen LogP contribution in [0.2, 0.25) is 0 Å². The lowest BCUT2D eigenvalue weighted by Crippen LogP contribution is -2.05. The standard InChI is InChI=1S/C13H13N3O4/c1-7-5-12(16(19)20)8(2)4-11(7)15-9(3)6-10(14-15)13(17)18/h4-6H,1-3H3,(H,17,18). The van der Waals surface area contributed by atoms with Crippen molar-refractivity contribution in [1.29, 1.82) is 0 Å². The topological polar surface area (TPSA) is 98.3 Å². The van der Waals surface area contributed by atoms with Gasteiger partial charge >= 0.3 is 5.97 Å². The molecule has 1 N–H and O–H groups in total. The average molecular weight is 275 g/mol. The van der Waals surface area contributed by atoms with Crippen molar-refractivity contribution in [3.05, 3.63) is 50.8 Å². The molecular weight excluding hydrogens is 262 g/mol. The first kappa shape index (κ1) is 13.7. The summed E-state index contributed by atoms with van der Waals surface area (Å²) in [6, 6.07) is 4.56. The van der Waals surface area contributed by atoms with Gasteiger partial charge in [0.05, 0.1) is 10.6 Å². The SMILES string of the molecule is Cc1cc([N+](=O)[O-])c(C)cc1-n1nc(C(=O)O)cc1C. The number of nitrogens with zero attached hydrogens (tertiary/aromatic N) is 3. The number of hydrogen-bond donors (Lipinski definition) is 1. The van der Waals surface area contributed by atoms with E-state index in [1.54, 1.807) is 26.8 Å². The van der Waals surface area contributed by atoms with Gasteiger partial charge in [-0.15, -0.1) is 0 Å². The molecule has 7 nitrogen and oxygen atoms in total. The van der Waals surface area contributed by atoms with E-state index in [1.807, 2.05) is 0 Å². The Kier molecular flexibility index (Phi) is 3.27. The summed E-state index contributed by atoms with van der Waals surface area (Å²) in [5, 5.41) is 23.8. The summed E-state index contributed by atoms with van der Waals surface area (Å²) < 4.78 is 1.48. The van der Waals surface area contributed by atoms with Gasteiger partial charge in [0.2, 0.25) is 0 Å². The molecule has 104 valence electrons. The molecule has 1 aromatic carbocycles. The summed E-state index contributed by atoms with van der Waals surface area (Å²) in [7, 11) is 0. The highest BCUT2D eigenvalue weighted by molar-refractivity contribution is 5.85. The van der Waals surface area contributed by atoms with Gasteiger partial charge in [-0.2, -0.15) is 5.10 Å². The van der Waals surface area contributed by atoms with Gasteiger partial charge in [-0.05, 0) is 38.5 Å². The molecule has 0 atom stereocenters. The summed E-state index contributed by atoms with van der Waals surface area (Å²) in [6.07, 6.45) is 0. The number of carboxylic acids is 1. The molecule has 2 rings (SSSR count). The molecule has 0 aliphatic heterocycles. The van der Waals surface area contributed by atoms with E-state index in [-0.39, 0.29) is 11.4 Å². The maximum atomic E-state index is 10.9. The molecule has 7 heteroatoms. The minimum atomic E-state index is -1.11. The zero-order valence-corrected chi connectivity index (χ0v) is 11.2. The van der Waals surface area contributed by atoms with Gasteiger partial charge in [0.1, 0.15) is 0 Å². The summed E-state index contributed by atoms with van der Waals surface area (Å²) in [4.78, 5) is 21.4. The molecule has 0 amide bonds. The Balaban J connectivity index is 2.62. The van der Waals surface area contributed by atoms with E-state index in [9.17, 15) is 14.9 Å². The van der Waals surface area contributed by atoms with Gasteiger partial charge in [0.15, 0.2) is 5.69 Å². The largest absolute Gasteiger partial charge is 0.476 e. The highest BCUT2D eigenvalue weighted by Crippen LogP contribution is 2.25. The van der Waals surface area contributed by atoms with Crippen LogP contribution in [0.5, 0.6) is 0 Å². The number of carbonyl (C=O) groups is 1. The first-order valence-electron chi connectivity index (χ1n) is 5.87. The van der Waals surface area contributed by atoms with Crippen LogP contribution >= 0.6 is 0 Å². The number of aromatic nitrogens is 2. The van der Waals surface area contributed by atoms with E-state index in [4.69, 9.17) is 5.11 Å². The van der Waals surface area contributed by atoms with Gasteiger partial charge in [-0.25, -0.2) is 9.48 Å². The second kappa shape index (κ2) is 4.76. The monoisotopic (exact) mass is 275 g/mol. The van der Waals surface area contributed by atoms with Crippen LogP contribution in [0, 0.1) is 30.9 Å². The van der Waals surface area contributed by atoms with Gasteiger partial charge in [-0.3, -0.25) is 10.1 Å². The summed E-state index contributed by atoms with van der Waals surface area (Å²) in [6.45, 7) is 5.09. The highest BCUT2D eigenvalue weighted by Gasteiger charge is 2.17. The zero-order chi connectivity index (χ0) is 15.0. The van der Waals surface area contributed by atoms with Gasteiger partial charge in [0, 0.05) is 17.3 Å². The summed E-state index contributed by atoms with van der Waals surface area (Å²) in [5.74, 6) is -1.11. The third-order valence-corrected chi connectivity index (χ3v) is 3.05. The number of carboxylic acid groups (broad SMARTS) is 1. The van der Waals surface area contributed by atoms with Crippen LogP contribution in [-0.4, -0.2) is 25.8 Å². The second-order valence-electron chi connectivity index (χ2n) is 4.57. The normalized spacial score (nSPS) is 10.6. The fourth-order valence-electron chi connectivity index (χ4n) is 2.03. The molecule has 1 aromatic heterocycles. The molecule has 0 radical (unpaired) electrons. The van der Waals surface area contributed by atoms with Crippen LogP contribution in [-0.2, 0) is 0 Å². The molecule has 0 aliphatic rings. The van der Waals surface area contributed by atoms with Crippen LogP contribution in [0.1, 0.15) is 27.3 Å². The first-order chi connectivity index (χ1) is 9.31. The smallest absolute Gasteiger partial charge is 0.356 e. The molecule has 20 heavy (non-hydrogen) atoms. The van der Waals surface area contributed by atoms with Crippen molar-refractivity contribution in [3.8, 4) is 5.69 Å². The van der Waals surface area contributed by atoms with Crippen molar-refractivity contribution in [2.45, 2.75) is 20.8 Å². The van der Waals surface area contributed by atoms with E-state index in [0.717, 1.165) is 0 Å². The predicted molar refractivity (Wildman–Crippen MR) is 71.4 cm³/mol. The number of nitro benzene ring substituents is 1. The number of benzene rings is 1. The molecule has 0 aliphatic carbocycles. The van der Waals surface area contributed by atoms with Crippen LogP contribution in [0.25, 0.3) is 5.69 Å². The number of rotatable bonds is 3. The van der Waals surface area contributed by atoms with E-state index < -0.39 is 10.9 Å². The molecule has 0 saturated carbocycles. The minimum absolute atomic E-state index is 0.0366. The average Bonchev–Trinajstić information content (AvgIpc) is 2.73. The molecule has 0 fully saturated rings. The Labute approximate surface area is 114 Å². The molecule has 0 unspecified atom stereocenters. The maximum absolute atomic E-state index is 10.9. The van der Waals surface area contributed by atoms with Crippen LogP contribution in [0.4, 0.5) is 5.69 Å². The lowest BCUT2D eigenvalue weighted by molar-refractivity contribution is -0.385. The molecule has 1 heterocycles. The van der Waals surface area contributed by atoms with E-state index >= 15 is 0 Å². The van der Waals surface area contributed by atoms with E-state index in [2.05, 4.69) is 5.10 Å². The van der Waals surface area contributed by atoms with Crippen LogP contribution in [0.15, 0.2) is 18.2 Å². The number of nitro groups is 1. The molecule has 2 aromatic rings. The molecule has 0 bridgehead atoms. The van der Waals surface area contributed by atoms with Crippen molar-refractivity contribution < 1.29 is 14.8 Å². The van der Waals surface area contributed by atoms with Crippen molar-refractivity contribution in [2.24, 2.45) is 0 Å². The lowest BCUT2D eigenvalue weighted by Gasteiger charge is -2.09. The Morgan fingerprint density at radius 3 is 2.40 bits per heavy atom.